The first-order valence-corrected chi connectivity index (χ1v) is 6.59. The van der Waals surface area contributed by atoms with E-state index in [4.69, 9.17) is 5.73 Å². The number of nitrogens with one attached hydrogen (secondary N) is 1. The molecule has 3 N–H and O–H groups in total. The summed E-state index contributed by atoms with van der Waals surface area (Å²) in [4.78, 5) is 13.3. The Balaban J connectivity index is 2.16. The van der Waals surface area contributed by atoms with E-state index in [1.165, 1.54) is 6.07 Å². The molecule has 0 spiro atoms. The first-order chi connectivity index (χ1) is 9.09. The van der Waals surface area contributed by atoms with Gasteiger partial charge in [0, 0.05) is 13.6 Å². The molecule has 4 nitrogen and oxygen atoms in total. The Kier molecular flexibility index (Phi) is 4.37. The Morgan fingerprint density at radius 1 is 1.58 bits per heavy atom. The van der Waals surface area contributed by atoms with Gasteiger partial charge in [0.1, 0.15) is 5.82 Å². The van der Waals surface area contributed by atoms with Crippen molar-refractivity contribution in [1.82, 2.24) is 5.32 Å². The number of benzene rings is 1. The highest BCUT2D eigenvalue weighted by Gasteiger charge is 2.20. The van der Waals surface area contributed by atoms with Gasteiger partial charge in [-0.3, -0.25) is 4.79 Å². The van der Waals surface area contributed by atoms with E-state index >= 15 is 0 Å². The zero-order valence-corrected chi connectivity index (χ0v) is 11.2. The van der Waals surface area contributed by atoms with Gasteiger partial charge < -0.3 is 16.0 Å². The Labute approximate surface area is 112 Å². The van der Waals surface area contributed by atoms with E-state index in [0.717, 1.165) is 32.5 Å². The molecule has 104 valence electrons. The number of nitrogens with two attached hydrogens (primary N) is 1. The third-order valence-corrected chi connectivity index (χ3v) is 3.58. The first-order valence-electron chi connectivity index (χ1n) is 6.59. The van der Waals surface area contributed by atoms with Gasteiger partial charge in [-0.2, -0.15) is 0 Å². The van der Waals surface area contributed by atoms with Gasteiger partial charge in [0.2, 0.25) is 0 Å². The fourth-order valence-corrected chi connectivity index (χ4v) is 2.64. The van der Waals surface area contributed by atoms with Crippen molar-refractivity contribution in [3.63, 3.8) is 0 Å². The van der Waals surface area contributed by atoms with E-state index in [0.29, 0.717) is 11.6 Å². The maximum atomic E-state index is 13.7. The van der Waals surface area contributed by atoms with Crippen LogP contribution in [0.1, 0.15) is 23.2 Å². The normalized spacial score (nSPS) is 19.2. The highest BCUT2D eigenvalue weighted by atomic mass is 19.1. The third-order valence-electron chi connectivity index (χ3n) is 3.58. The molecule has 0 saturated carbocycles. The number of carbonyl (C=O) groups is 1. The number of halogens is 1. The number of hydrogen-bond acceptors (Lipinski definition) is 3. The summed E-state index contributed by atoms with van der Waals surface area (Å²) in [5.41, 5.74) is 5.82. The van der Waals surface area contributed by atoms with E-state index in [1.807, 2.05) is 11.9 Å². The molecule has 1 heterocycles. The topological polar surface area (TPSA) is 58.4 Å². The van der Waals surface area contributed by atoms with Crippen LogP contribution in [0.5, 0.6) is 0 Å². The van der Waals surface area contributed by atoms with Gasteiger partial charge in [-0.15, -0.1) is 0 Å². The summed E-state index contributed by atoms with van der Waals surface area (Å²) in [5.74, 6) is -0.761. The van der Waals surface area contributed by atoms with Crippen LogP contribution in [-0.4, -0.2) is 32.6 Å². The Morgan fingerprint density at radius 3 is 3.00 bits per heavy atom. The zero-order valence-electron chi connectivity index (χ0n) is 11.2. The average molecular weight is 265 g/mol. The fourth-order valence-electron chi connectivity index (χ4n) is 2.64. The smallest absolute Gasteiger partial charge is 0.253 e. The summed E-state index contributed by atoms with van der Waals surface area (Å²) in [6, 6.07) is 4.60. The summed E-state index contributed by atoms with van der Waals surface area (Å²) in [6.07, 6.45) is 2.31. The summed E-state index contributed by atoms with van der Waals surface area (Å²) in [7, 11) is 1.87. The molecule has 0 aliphatic carbocycles. The lowest BCUT2D eigenvalue weighted by molar-refractivity contribution is 0.0997. The van der Waals surface area contributed by atoms with Crippen molar-refractivity contribution in [2.45, 2.75) is 12.8 Å². The van der Waals surface area contributed by atoms with Crippen LogP contribution in [0.25, 0.3) is 0 Å². The number of rotatable bonds is 4. The summed E-state index contributed by atoms with van der Waals surface area (Å²) >= 11 is 0. The molecule has 1 unspecified atom stereocenters. The lowest BCUT2D eigenvalue weighted by Crippen LogP contribution is -2.37. The van der Waals surface area contributed by atoms with Gasteiger partial charge in [-0.25, -0.2) is 4.39 Å². The van der Waals surface area contributed by atoms with E-state index in [-0.39, 0.29) is 5.56 Å². The SMILES string of the molecule is CN(CC1CCCNC1)c1cccc(F)c1C(N)=O. The maximum absolute atomic E-state index is 13.7. The van der Waals surface area contributed by atoms with Crippen molar-refractivity contribution in [3.8, 4) is 0 Å². The molecule has 1 fully saturated rings. The standard InChI is InChI=1S/C14H20FN3O/c1-18(9-10-4-3-7-17-8-10)12-6-2-5-11(15)13(12)14(16)19/h2,5-6,10,17H,3-4,7-9H2,1H3,(H2,16,19). The first kappa shape index (κ1) is 13.8. The van der Waals surface area contributed by atoms with Crippen molar-refractivity contribution in [1.29, 1.82) is 0 Å². The number of amides is 1. The minimum Gasteiger partial charge on any atom is -0.374 e. The second-order valence-electron chi connectivity index (χ2n) is 5.09. The third kappa shape index (κ3) is 3.23. The van der Waals surface area contributed by atoms with Crippen LogP contribution in [0.3, 0.4) is 0 Å². The van der Waals surface area contributed by atoms with Crippen LogP contribution >= 0.6 is 0 Å². The van der Waals surface area contributed by atoms with Crippen LogP contribution in [0.2, 0.25) is 0 Å². The number of hydrogen-bond donors (Lipinski definition) is 2. The van der Waals surface area contributed by atoms with Crippen molar-refractivity contribution >= 4 is 11.6 Å². The van der Waals surface area contributed by atoms with Crippen molar-refractivity contribution < 1.29 is 9.18 Å². The van der Waals surface area contributed by atoms with E-state index in [2.05, 4.69) is 5.32 Å². The molecule has 1 aromatic rings. The summed E-state index contributed by atoms with van der Waals surface area (Å²) in [6.45, 7) is 2.81. The molecule has 19 heavy (non-hydrogen) atoms. The molecule has 1 aliphatic heterocycles. The second-order valence-corrected chi connectivity index (χ2v) is 5.09. The van der Waals surface area contributed by atoms with Gasteiger partial charge in [0.25, 0.3) is 5.91 Å². The van der Waals surface area contributed by atoms with Crippen LogP contribution in [-0.2, 0) is 0 Å². The number of primary amides is 1. The molecular weight excluding hydrogens is 245 g/mol. The van der Waals surface area contributed by atoms with Crippen LogP contribution in [0, 0.1) is 11.7 Å². The Morgan fingerprint density at radius 2 is 2.37 bits per heavy atom. The van der Waals surface area contributed by atoms with Gasteiger partial charge in [0.15, 0.2) is 0 Å². The Hall–Kier alpha value is -1.62. The zero-order chi connectivity index (χ0) is 13.8. The number of anilines is 1. The van der Waals surface area contributed by atoms with Gasteiger partial charge >= 0.3 is 0 Å². The lowest BCUT2D eigenvalue weighted by Gasteiger charge is -2.29. The average Bonchev–Trinajstić information content (AvgIpc) is 2.39. The number of nitrogens with zero attached hydrogens (tertiary/aromatic N) is 1. The van der Waals surface area contributed by atoms with E-state index < -0.39 is 11.7 Å². The molecule has 5 heteroatoms. The minimum absolute atomic E-state index is 0.0197. The van der Waals surface area contributed by atoms with E-state index in [1.54, 1.807) is 12.1 Å². The van der Waals surface area contributed by atoms with E-state index in [9.17, 15) is 9.18 Å². The monoisotopic (exact) mass is 265 g/mol. The summed E-state index contributed by atoms with van der Waals surface area (Å²) in [5, 5.41) is 3.35. The molecule has 1 aliphatic rings. The largest absolute Gasteiger partial charge is 0.374 e. The van der Waals surface area contributed by atoms with Gasteiger partial charge in [-0.1, -0.05) is 6.07 Å². The molecule has 0 bridgehead atoms. The predicted octanol–water partition coefficient (Wildman–Crippen LogP) is 1.36. The second kappa shape index (κ2) is 6.02. The van der Waals surface area contributed by atoms with Crippen molar-refractivity contribution in [2.24, 2.45) is 11.7 Å². The molecular formula is C14H20FN3O. The number of piperidine rings is 1. The Bertz CT molecular complexity index is 458. The molecule has 1 amide bonds. The molecule has 1 aromatic carbocycles. The molecule has 2 rings (SSSR count). The quantitative estimate of drug-likeness (QED) is 0.864. The predicted molar refractivity (Wildman–Crippen MR) is 73.8 cm³/mol. The number of carbonyl (C=O) groups excluding carboxylic acids is 1. The van der Waals surface area contributed by atoms with Crippen molar-refractivity contribution in [2.75, 3.05) is 31.6 Å². The van der Waals surface area contributed by atoms with Crippen LogP contribution in [0.15, 0.2) is 18.2 Å². The van der Waals surface area contributed by atoms with Crippen molar-refractivity contribution in [3.05, 3.63) is 29.6 Å². The molecule has 0 radical (unpaired) electrons. The molecule has 0 aromatic heterocycles. The molecule has 1 atom stereocenters. The molecule has 1 saturated heterocycles. The van der Waals surface area contributed by atoms with Gasteiger partial charge in [0.05, 0.1) is 11.3 Å². The minimum atomic E-state index is -0.721. The van der Waals surface area contributed by atoms with Crippen LogP contribution < -0.4 is 16.0 Å². The van der Waals surface area contributed by atoms with Crippen LogP contribution in [0.4, 0.5) is 10.1 Å². The highest BCUT2D eigenvalue weighted by Crippen LogP contribution is 2.23. The summed E-state index contributed by atoms with van der Waals surface area (Å²) < 4.78 is 13.7. The van der Waals surface area contributed by atoms with Gasteiger partial charge in [-0.05, 0) is 44.0 Å². The maximum Gasteiger partial charge on any atom is 0.253 e. The lowest BCUT2D eigenvalue weighted by atomic mass is 9.98. The highest BCUT2D eigenvalue weighted by molar-refractivity contribution is 5.98. The fraction of sp³-hybridized carbons (Fsp3) is 0.500.